The Labute approximate surface area is 292 Å². The molecule has 2 aromatic heterocycles. The molecule has 0 spiro atoms. The van der Waals surface area contributed by atoms with Crippen molar-refractivity contribution < 1.29 is 4.42 Å². The van der Waals surface area contributed by atoms with E-state index in [1.54, 1.807) is 0 Å². The highest BCUT2D eigenvalue weighted by atomic mass is 32.1. The number of benzene rings is 7. The van der Waals surface area contributed by atoms with Crippen LogP contribution in [0.5, 0.6) is 0 Å². The van der Waals surface area contributed by atoms with Crippen LogP contribution in [0.2, 0.25) is 0 Å². The first-order valence-electron chi connectivity index (χ1n) is 16.8. The predicted molar refractivity (Wildman–Crippen MR) is 209 cm³/mol. The molecule has 0 saturated carbocycles. The minimum atomic E-state index is -0.339. The van der Waals surface area contributed by atoms with E-state index < -0.39 is 0 Å². The summed E-state index contributed by atoms with van der Waals surface area (Å²) in [4.78, 5) is 10.8. The molecular weight excluding hydrogens is 631 g/mol. The average molecular weight is 660 g/mol. The zero-order valence-corrected chi connectivity index (χ0v) is 27.7. The van der Waals surface area contributed by atoms with Crippen LogP contribution >= 0.6 is 11.3 Å². The molecule has 10 rings (SSSR count). The molecule has 236 valence electrons. The number of para-hydroxylation sites is 1. The summed E-state index contributed by atoms with van der Waals surface area (Å²) in [6.07, 6.45) is -0.339. The Hall–Kier alpha value is -6.30. The van der Waals surface area contributed by atoms with Crippen molar-refractivity contribution in [3.8, 4) is 22.3 Å². The van der Waals surface area contributed by atoms with Crippen LogP contribution in [-0.2, 0) is 0 Å². The molecule has 1 N–H and O–H groups in total. The molecule has 1 aliphatic rings. The zero-order chi connectivity index (χ0) is 33.0. The van der Waals surface area contributed by atoms with E-state index in [1.807, 2.05) is 35.6 Å². The second kappa shape index (κ2) is 11.7. The van der Waals surface area contributed by atoms with Gasteiger partial charge in [-0.1, -0.05) is 140 Å². The first-order chi connectivity index (χ1) is 24.8. The summed E-state index contributed by atoms with van der Waals surface area (Å²) in [5.41, 5.74) is 9.27. The number of rotatable bonds is 5. The number of aliphatic imine (C=N–C) groups is 2. The molecule has 1 aliphatic heterocycles. The lowest BCUT2D eigenvalue weighted by Crippen LogP contribution is -2.33. The van der Waals surface area contributed by atoms with Gasteiger partial charge in [0.05, 0.1) is 0 Å². The standard InChI is InChI=1S/C45H29N3OS/c1-3-12-28(13-4-1)29-22-24-31(25-23-29)44-46-43(30-14-5-2-6-15-30)47-45(48-44)41-33(26-27-38-40(41)36-17-7-9-20-37(36)49-38)35-19-11-18-34-32-16-8-10-21-39(32)50-42(34)35/h1-27,43H,(H,46,47,48). The van der Waals surface area contributed by atoms with Gasteiger partial charge < -0.3 is 9.73 Å². The van der Waals surface area contributed by atoms with E-state index in [4.69, 9.17) is 14.4 Å². The molecule has 9 aromatic rings. The molecule has 1 unspecified atom stereocenters. The predicted octanol–water partition coefficient (Wildman–Crippen LogP) is 11.8. The monoisotopic (exact) mass is 659 g/mol. The quantitative estimate of drug-likeness (QED) is 0.200. The van der Waals surface area contributed by atoms with E-state index in [2.05, 4.69) is 145 Å². The van der Waals surface area contributed by atoms with Crippen molar-refractivity contribution in [3.05, 3.63) is 180 Å². The van der Waals surface area contributed by atoms with Crippen LogP contribution in [0.3, 0.4) is 0 Å². The normalized spacial score (nSPS) is 14.6. The minimum absolute atomic E-state index is 0.339. The second-order valence-corrected chi connectivity index (χ2v) is 13.6. The molecule has 0 bridgehead atoms. The summed E-state index contributed by atoms with van der Waals surface area (Å²) in [7, 11) is 0. The van der Waals surface area contributed by atoms with Crippen molar-refractivity contribution in [1.82, 2.24) is 5.32 Å². The number of furan rings is 1. The highest BCUT2D eigenvalue weighted by Gasteiger charge is 2.27. The maximum Gasteiger partial charge on any atom is 0.160 e. The van der Waals surface area contributed by atoms with E-state index in [9.17, 15) is 0 Å². The molecular formula is C45H29N3OS. The average Bonchev–Trinajstić information content (AvgIpc) is 3.77. The number of thiophene rings is 1. The van der Waals surface area contributed by atoms with Gasteiger partial charge in [-0.3, -0.25) is 0 Å². The van der Waals surface area contributed by atoms with Gasteiger partial charge in [0.1, 0.15) is 23.2 Å². The molecule has 3 heterocycles. The van der Waals surface area contributed by atoms with Crippen molar-refractivity contribution in [2.75, 3.05) is 0 Å². The van der Waals surface area contributed by atoms with Gasteiger partial charge in [0.25, 0.3) is 0 Å². The third-order valence-electron chi connectivity index (χ3n) is 9.58. The van der Waals surface area contributed by atoms with Crippen LogP contribution in [0.4, 0.5) is 0 Å². The van der Waals surface area contributed by atoms with Gasteiger partial charge in [-0.2, -0.15) is 0 Å². The van der Waals surface area contributed by atoms with Gasteiger partial charge in [-0.05, 0) is 46.5 Å². The summed E-state index contributed by atoms with van der Waals surface area (Å²) in [6, 6.07) is 57.3. The van der Waals surface area contributed by atoms with Crippen LogP contribution in [0.1, 0.15) is 22.9 Å². The second-order valence-electron chi connectivity index (χ2n) is 12.6. The SMILES string of the molecule is c1ccc(-c2ccc(C3=NC(c4c(-c5cccc6c5sc5ccccc56)ccc5oc6ccccc6c45)=NC(c4ccccc4)N3)cc2)cc1. The van der Waals surface area contributed by atoms with Crippen LogP contribution < -0.4 is 5.32 Å². The maximum atomic E-state index is 6.47. The Balaban J connectivity index is 1.24. The number of fused-ring (bicyclic) bond motifs is 6. The molecule has 50 heavy (non-hydrogen) atoms. The lowest BCUT2D eigenvalue weighted by Gasteiger charge is -2.25. The largest absolute Gasteiger partial charge is 0.456 e. The highest BCUT2D eigenvalue weighted by molar-refractivity contribution is 7.26. The third-order valence-corrected chi connectivity index (χ3v) is 10.8. The Bertz CT molecular complexity index is 2780. The van der Waals surface area contributed by atoms with E-state index in [0.29, 0.717) is 5.84 Å². The maximum absolute atomic E-state index is 6.47. The number of hydrogen-bond acceptors (Lipinski definition) is 5. The van der Waals surface area contributed by atoms with E-state index >= 15 is 0 Å². The topological polar surface area (TPSA) is 49.9 Å². The van der Waals surface area contributed by atoms with Gasteiger partial charge in [-0.15, -0.1) is 11.3 Å². The lowest BCUT2D eigenvalue weighted by molar-refractivity contribution is 0.668. The van der Waals surface area contributed by atoms with Crippen LogP contribution in [-0.4, -0.2) is 11.7 Å². The first kappa shape index (κ1) is 28.7. The Kier molecular flexibility index (Phi) is 6.71. The van der Waals surface area contributed by atoms with Gasteiger partial charge in [0, 0.05) is 47.6 Å². The Morgan fingerprint density at radius 2 is 1.20 bits per heavy atom. The van der Waals surface area contributed by atoms with Crippen molar-refractivity contribution in [3.63, 3.8) is 0 Å². The van der Waals surface area contributed by atoms with E-state index in [-0.39, 0.29) is 6.17 Å². The highest BCUT2D eigenvalue weighted by Crippen LogP contribution is 2.44. The van der Waals surface area contributed by atoms with Crippen LogP contribution in [0, 0.1) is 0 Å². The number of nitrogens with one attached hydrogen (secondary N) is 1. The van der Waals surface area contributed by atoms with Gasteiger partial charge in [0.15, 0.2) is 5.84 Å². The van der Waals surface area contributed by atoms with Gasteiger partial charge >= 0.3 is 0 Å². The smallest absolute Gasteiger partial charge is 0.160 e. The van der Waals surface area contributed by atoms with Gasteiger partial charge in [0.2, 0.25) is 0 Å². The minimum Gasteiger partial charge on any atom is -0.456 e. The lowest BCUT2D eigenvalue weighted by atomic mass is 9.93. The number of hydrogen-bond donors (Lipinski definition) is 1. The fourth-order valence-electron chi connectivity index (χ4n) is 7.20. The Morgan fingerprint density at radius 1 is 0.520 bits per heavy atom. The molecule has 5 heteroatoms. The van der Waals surface area contributed by atoms with E-state index in [0.717, 1.165) is 61.2 Å². The molecule has 7 aromatic carbocycles. The summed E-state index contributed by atoms with van der Waals surface area (Å²) in [5.74, 6) is 1.45. The number of nitrogens with zero attached hydrogens (tertiary/aromatic N) is 2. The van der Waals surface area contributed by atoms with Crippen LogP contribution in [0.15, 0.2) is 178 Å². The molecule has 0 radical (unpaired) electrons. The summed E-state index contributed by atoms with van der Waals surface area (Å²) >= 11 is 1.83. The molecule has 0 aliphatic carbocycles. The fraction of sp³-hybridized carbons (Fsp3) is 0.0222. The fourth-order valence-corrected chi connectivity index (χ4v) is 8.43. The molecule has 4 nitrogen and oxygen atoms in total. The number of amidine groups is 2. The summed E-state index contributed by atoms with van der Waals surface area (Å²) < 4.78 is 8.99. The molecule has 0 amide bonds. The third kappa shape index (κ3) is 4.74. The zero-order valence-electron chi connectivity index (χ0n) is 26.9. The summed E-state index contributed by atoms with van der Waals surface area (Å²) in [5, 5.41) is 8.26. The molecule has 1 atom stereocenters. The summed E-state index contributed by atoms with van der Waals surface area (Å²) in [6.45, 7) is 0. The molecule has 0 saturated heterocycles. The molecule has 0 fully saturated rings. The van der Waals surface area contributed by atoms with Crippen molar-refractivity contribution in [2.24, 2.45) is 9.98 Å². The van der Waals surface area contributed by atoms with Crippen molar-refractivity contribution in [2.45, 2.75) is 6.17 Å². The van der Waals surface area contributed by atoms with Crippen molar-refractivity contribution in [1.29, 1.82) is 0 Å². The van der Waals surface area contributed by atoms with Crippen molar-refractivity contribution >= 4 is 65.1 Å². The van der Waals surface area contributed by atoms with E-state index in [1.165, 1.54) is 25.7 Å². The first-order valence-corrected chi connectivity index (χ1v) is 17.6. The van der Waals surface area contributed by atoms with Gasteiger partial charge in [-0.25, -0.2) is 9.98 Å². The Morgan fingerprint density at radius 3 is 2.04 bits per heavy atom. The van der Waals surface area contributed by atoms with Crippen LogP contribution in [0.25, 0.3) is 64.4 Å².